The lowest BCUT2D eigenvalue weighted by Crippen LogP contribution is -2.46. The Morgan fingerprint density at radius 1 is 1.29 bits per heavy atom. The third kappa shape index (κ3) is 2.26. The van der Waals surface area contributed by atoms with Crippen LogP contribution < -0.4 is 0 Å². The lowest BCUT2D eigenvalue weighted by atomic mass is 9.84. The number of carbonyl (C=O) groups excluding carboxylic acids is 1. The molecule has 1 saturated heterocycles. The number of fused-ring (bicyclic) bond motifs is 2. The number of aromatic nitrogens is 2. The summed E-state index contributed by atoms with van der Waals surface area (Å²) >= 11 is 0. The molecule has 4 rings (SSSR count). The van der Waals surface area contributed by atoms with Crippen molar-refractivity contribution in [1.82, 2.24) is 14.9 Å². The van der Waals surface area contributed by atoms with Crippen LogP contribution in [-0.4, -0.2) is 43.9 Å². The van der Waals surface area contributed by atoms with Gasteiger partial charge in [-0.05, 0) is 37.3 Å². The monoisotopic (exact) mass is 331 g/mol. The van der Waals surface area contributed by atoms with Crippen LogP contribution in [0.5, 0.6) is 0 Å². The van der Waals surface area contributed by atoms with E-state index in [2.05, 4.69) is 9.97 Å². The standard InChI is InChI=1S/C17H18FN3O3/c18-10-6-11(15-12(7-10)19-8-20-15)16(22)21-13-4-2-1-3-9(13)5-14(21)17(23)24/h6-9,13-14H,1-5H2,(H,19,20)(H,23,24)/t9-,13-,14-/m0/s1. The number of carbonyl (C=O) groups is 2. The summed E-state index contributed by atoms with van der Waals surface area (Å²) < 4.78 is 13.9. The van der Waals surface area contributed by atoms with Crippen LogP contribution in [0, 0.1) is 11.7 Å². The van der Waals surface area contributed by atoms with Crippen LogP contribution in [0.4, 0.5) is 4.39 Å². The molecule has 2 fully saturated rings. The van der Waals surface area contributed by atoms with Crippen molar-refractivity contribution >= 4 is 22.9 Å². The number of nitrogens with zero attached hydrogens (tertiary/aromatic N) is 2. The Hall–Kier alpha value is -2.44. The first kappa shape index (κ1) is 15.1. The van der Waals surface area contributed by atoms with Gasteiger partial charge in [0.05, 0.1) is 17.4 Å². The molecule has 126 valence electrons. The maximum absolute atomic E-state index is 13.9. The van der Waals surface area contributed by atoms with E-state index in [0.717, 1.165) is 31.7 Å². The molecule has 0 unspecified atom stereocenters. The average molecular weight is 331 g/mol. The largest absolute Gasteiger partial charge is 0.480 e. The summed E-state index contributed by atoms with van der Waals surface area (Å²) in [6, 6.07) is 1.51. The Kier molecular flexibility index (Phi) is 3.51. The number of aliphatic carboxylic acids is 1. The van der Waals surface area contributed by atoms with Gasteiger partial charge in [-0.3, -0.25) is 4.79 Å². The summed E-state index contributed by atoms with van der Waals surface area (Å²) in [6.07, 6.45) is 5.68. The van der Waals surface area contributed by atoms with Gasteiger partial charge in [-0.2, -0.15) is 0 Å². The summed E-state index contributed by atoms with van der Waals surface area (Å²) in [5.41, 5.74) is 0.943. The van der Waals surface area contributed by atoms with Crippen LogP contribution in [-0.2, 0) is 4.79 Å². The molecular weight excluding hydrogens is 313 g/mol. The van der Waals surface area contributed by atoms with Crippen molar-refractivity contribution in [2.24, 2.45) is 5.92 Å². The molecule has 1 aliphatic heterocycles. The Labute approximate surface area is 137 Å². The molecule has 0 radical (unpaired) electrons. The van der Waals surface area contributed by atoms with Crippen LogP contribution in [0.3, 0.4) is 0 Å². The molecule has 1 amide bonds. The third-order valence-corrected chi connectivity index (χ3v) is 5.33. The minimum atomic E-state index is -0.993. The fourth-order valence-electron chi connectivity index (χ4n) is 4.29. The fraction of sp³-hybridized carbons (Fsp3) is 0.471. The van der Waals surface area contributed by atoms with Crippen LogP contribution in [0.1, 0.15) is 42.5 Å². The minimum absolute atomic E-state index is 0.0791. The number of H-pyrrole nitrogens is 1. The van der Waals surface area contributed by atoms with Crippen molar-refractivity contribution in [2.75, 3.05) is 0 Å². The Morgan fingerprint density at radius 3 is 2.88 bits per heavy atom. The molecule has 1 aromatic heterocycles. The summed E-state index contributed by atoms with van der Waals surface area (Å²) in [5, 5.41) is 9.56. The highest BCUT2D eigenvalue weighted by Crippen LogP contribution is 2.41. The van der Waals surface area contributed by atoms with E-state index in [-0.39, 0.29) is 17.5 Å². The lowest BCUT2D eigenvalue weighted by Gasteiger charge is -2.33. The number of hydrogen-bond donors (Lipinski definition) is 2. The number of hydrogen-bond acceptors (Lipinski definition) is 3. The van der Waals surface area contributed by atoms with Gasteiger partial charge in [-0.1, -0.05) is 12.8 Å². The summed E-state index contributed by atoms with van der Waals surface area (Å²) in [6.45, 7) is 0. The third-order valence-electron chi connectivity index (χ3n) is 5.33. The van der Waals surface area contributed by atoms with E-state index in [1.165, 1.54) is 17.3 Å². The first-order valence-electron chi connectivity index (χ1n) is 8.24. The van der Waals surface area contributed by atoms with Gasteiger partial charge in [0.1, 0.15) is 17.4 Å². The van der Waals surface area contributed by atoms with Gasteiger partial charge in [-0.15, -0.1) is 0 Å². The maximum Gasteiger partial charge on any atom is 0.326 e. The molecule has 3 atom stereocenters. The number of carboxylic acid groups (broad SMARTS) is 1. The van der Waals surface area contributed by atoms with Crippen molar-refractivity contribution in [3.05, 3.63) is 29.8 Å². The SMILES string of the molecule is O=C(O)[C@@H]1C[C@@H]2CCCC[C@@H]2N1C(=O)c1cc(F)cc2[nH]cnc12. The first-order chi connectivity index (χ1) is 11.6. The zero-order chi connectivity index (χ0) is 16.8. The number of amides is 1. The number of likely N-dealkylation sites (tertiary alicyclic amines) is 1. The predicted molar refractivity (Wildman–Crippen MR) is 84.0 cm³/mol. The van der Waals surface area contributed by atoms with E-state index in [0.29, 0.717) is 17.5 Å². The Bertz CT molecular complexity index is 819. The van der Waals surface area contributed by atoms with Crippen LogP contribution in [0.2, 0.25) is 0 Å². The lowest BCUT2D eigenvalue weighted by molar-refractivity contribution is -0.141. The summed E-state index contributed by atoms with van der Waals surface area (Å²) in [4.78, 5) is 33.2. The number of rotatable bonds is 2. The van der Waals surface area contributed by atoms with Gasteiger partial charge in [0.2, 0.25) is 0 Å². The molecule has 2 aliphatic rings. The van der Waals surface area contributed by atoms with E-state index >= 15 is 0 Å². The highest BCUT2D eigenvalue weighted by Gasteiger charge is 2.48. The predicted octanol–water partition coefficient (Wildman–Crippen LogP) is 2.56. The normalized spacial score (nSPS) is 26.5. The number of benzene rings is 1. The zero-order valence-corrected chi connectivity index (χ0v) is 13.0. The average Bonchev–Trinajstić information content (AvgIpc) is 3.17. The topological polar surface area (TPSA) is 86.3 Å². The molecule has 2 N–H and O–H groups in total. The van der Waals surface area contributed by atoms with E-state index in [9.17, 15) is 19.1 Å². The van der Waals surface area contributed by atoms with Gasteiger partial charge in [0.15, 0.2) is 0 Å². The second-order valence-electron chi connectivity index (χ2n) is 6.67. The second-order valence-corrected chi connectivity index (χ2v) is 6.67. The first-order valence-corrected chi connectivity index (χ1v) is 8.24. The summed E-state index contributed by atoms with van der Waals surface area (Å²) in [5.74, 6) is -1.76. The van der Waals surface area contributed by atoms with Gasteiger partial charge >= 0.3 is 5.97 Å². The van der Waals surface area contributed by atoms with Crippen LogP contribution in [0.25, 0.3) is 11.0 Å². The van der Waals surface area contributed by atoms with Crippen molar-refractivity contribution in [3.8, 4) is 0 Å². The number of aromatic amines is 1. The molecule has 24 heavy (non-hydrogen) atoms. The Morgan fingerprint density at radius 2 is 2.08 bits per heavy atom. The van der Waals surface area contributed by atoms with Gasteiger partial charge in [0.25, 0.3) is 5.91 Å². The maximum atomic E-state index is 13.9. The molecule has 2 heterocycles. The van der Waals surface area contributed by atoms with Gasteiger partial charge in [-0.25, -0.2) is 14.2 Å². The van der Waals surface area contributed by atoms with E-state index < -0.39 is 23.7 Å². The molecule has 2 aromatic rings. The van der Waals surface area contributed by atoms with E-state index in [4.69, 9.17) is 0 Å². The summed E-state index contributed by atoms with van der Waals surface area (Å²) in [7, 11) is 0. The number of carboxylic acids is 1. The molecular formula is C17H18FN3O3. The molecule has 1 saturated carbocycles. The zero-order valence-electron chi connectivity index (χ0n) is 13.0. The van der Waals surface area contributed by atoms with E-state index in [1.54, 1.807) is 0 Å². The van der Waals surface area contributed by atoms with Crippen molar-refractivity contribution in [3.63, 3.8) is 0 Å². The van der Waals surface area contributed by atoms with Crippen LogP contribution >= 0.6 is 0 Å². The molecule has 0 bridgehead atoms. The molecule has 1 aromatic carbocycles. The van der Waals surface area contributed by atoms with Gasteiger partial charge < -0.3 is 15.0 Å². The van der Waals surface area contributed by atoms with Gasteiger partial charge in [0, 0.05) is 6.04 Å². The van der Waals surface area contributed by atoms with Crippen molar-refractivity contribution in [1.29, 1.82) is 0 Å². The smallest absolute Gasteiger partial charge is 0.326 e. The number of imidazole rings is 1. The highest BCUT2D eigenvalue weighted by molar-refractivity contribution is 6.06. The number of halogens is 1. The van der Waals surface area contributed by atoms with Crippen LogP contribution in [0.15, 0.2) is 18.5 Å². The molecule has 7 heteroatoms. The Balaban J connectivity index is 1.78. The quantitative estimate of drug-likeness (QED) is 0.885. The van der Waals surface area contributed by atoms with Crippen molar-refractivity contribution in [2.45, 2.75) is 44.2 Å². The second kappa shape index (κ2) is 5.58. The molecule has 0 spiro atoms. The highest BCUT2D eigenvalue weighted by atomic mass is 19.1. The molecule has 1 aliphatic carbocycles. The van der Waals surface area contributed by atoms with Crippen molar-refractivity contribution < 1.29 is 19.1 Å². The minimum Gasteiger partial charge on any atom is -0.480 e. The number of nitrogens with one attached hydrogen (secondary N) is 1. The van der Waals surface area contributed by atoms with E-state index in [1.807, 2.05) is 0 Å². The molecule has 6 nitrogen and oxygen atoms in total. The fourth-order valence-corrected chi connectivity index (χ4v) is 4.29.